The number of nitrogens with zero attached hydrogens (tertiary/aromatic N) is 4. The summed E-state index contributed by atoms with van der Waals surface area (Å²) in [6, 6.07) is 11.3. The van der Waals surface area contributed by atoms with E-state index < -0.39 is 28.9 Å². The molecule has 1 aliphatic rings. The Morgan fingerprint density at radius 1 is 1.09 bits per heavy atom. The predicted octanol–water partition coefficient (Wildman–Crippen LogP) is 4.06. The van der Waals surface area contributed by atoms with Gasteiger partial charge in [0.15, 0.2) is 0 Å². The van der Waals surface area contributed by atoms with Crippen LogP contribution in [0.1, 0.15) is 36.8 Å². The molecule has 0 aliphatic carbocycles. The van der Waals surface area contributed by atoms with Crippen LogP contribution in [-0.2, 0) is 17.3 Å². The molecule has 172 valence electrons. The van der Waals surface area contributed by atoms with E-state index in [2.05, 4.69) is 10.2 Å². The Morgan fingerprint density at radius 2 is 1.82 bits per heavy atom. The van der Waals surface area contributed by atoms with Crippen LogP contribution in [0.5, 0.6) is 0 Å². The fourth-order valence-electron chi connectivity index (χ4n) is 4.20. The first-order valence-electron chi connectivity index (χ1n) is 10.4. The molecule has 0 amide bonds. The van der Waals surface area contributed by atoms with E-state index >= 15 is 0 Å². The number of benzene rings is 2. The number of halogens is 3. The highest BCUT2D eigenvalue weighted by molar-refractivity contribution is 7.85. The summed E-state index contributed by atoms with van der Waals surface area (Å²) < 4.78 is 60.2. The van der Waals surface area contributed by atoms with Gasteiger partial charge in [0.1, 0.15) is 5.82 Å². The highest BCUT2D eigenvalue weighted by Crippen LogP contribution is 2.28. The maximum atomic E-state index is 14.9. The Kier molecular flexibility index (Phi) is 5.65. The fraction of sp³-hybridized carbons (Fsp3) is 0.318. The molecule has 0 radical (unpaired) electrons. The van der Waals surface area contributed by atoms with Crippen molar-refractivity contribution in [3.8, 4) is 11.5 Å². The van der Waals surface area contributed by atoms with Gasteiger partial charge in [0.05, 0.1) is 17.6 Å². The second-order valence-corrected chi connectivity index (χ2v) is 9.56. The van der Waals surface area contributed by atoms with Gasteiger partial charge in [-0.3, -0.25) is 13.3 Å². The number of hydrogen-bond donors (Lipinski definition) is 0. The van der Waals surface area contributed by atoms with Gasteiger partial charge in [0.25, 0.3) is 5.89 Å². The van der Waals surface area contributed by atoms with Gasteiger partial charge in [-0.05, 0) is 37.1 Å². The normalized spacial score (nSPS) is 18.9. The van der Waals surface area contributed by atoms with E-state index in [1.165, 1.54) is 16.7 Å². The molecule has 7 nitrogen and oxygen atoms in total. The molecule has 1 fully saturated rings. The Hall–Kier alpha value is -3.21. The van der Waals surface area contributed by atoms with Crippen LogP contribution in [0.15, 0.2) is 51.7 Å². The molecule has 0 unspecified atom stereocenters. The molecule has 0 atom stereocenters. The molecule has 5 rings (SSSR count). The molecule has 0 N–H and O–H groups in total. The van der Waals surface area contributed by atoms with Crippen LogP contribution < -0.4 is 5.69 Å². The summed E-state index contributed by atoms with van der Waals surface area (Å²) in [6.07, 6.45) is -1.62. The first-order chi connectivity index (χ1) is 15.9. The summed E-state index contributed by atoms with van der Waals surface area (Å²) in [5.74, 6) is -0.564. The minimum Gasteiger partial charge on any atom is -0.415 e. The predicted molar refractivity (Wildman–Crippen MR) is 116 cm³/mol. The van der Waals surface area contributed by atoms with Crippen molar-refractivity contribution in [2.24, 2.45) is 0 Å². The second-order valence-electron chi connectivity index (χ2n) is 7.86. The highest BCUT2D eigenvalue weighted by Gasteiger charge is 2.25. The molecular weight excluding hydrogens is 457 g/mol. The third-order valence-corrected chi connectivity index (χ3v) is 7.23. The van der Waals surface area contributed by atoms with Crippen molar-refractivity contribution in [3.05, 3.63) is 70.2 Å². The van der Waals surface area contributed by atoms with Crippen LogP contribution in [0.25, 0.3) is 22.5 Å². The number of para-hydroxylation sites is 2. The first-order valence-corrected chi connectivity index (χ1v) is 11.9. The zero-order valence-electron chi connectivity index (χ0n) is 17.3. The number of aromatic nitrogens is 4. The Labute approximate surface area is 188 Å². The molecule has 4 aromatic rings. The van der Waals surface area contributed by atoms with Gasteiger partial charge in [0, 0.05) is 39.5 Å². The third-order valence-electron chi connectivity index (χ3n) is 5.85. The number of imidazole rings is 1. The lowest BCUT2D eigenvalue weighted by atomic mass is 10.1. The molecular formula is C22H19F3N4O3S. The third kappa shape index (κ3) is 4.01. The summed E-state index contributed by atoms with van der Waals surface area (Å²) in [4.78, 5) is 13.4. The number of rotatable bonds is 5. The van der Waals surface area contributed by atoms with Crippen molar-refractivity contribution in [2.45, 2.75) is 31.9 Å². The summed E-state index contributed by atoms with van der Waals surface area (Å²) in [7, 11) is -0.853. The maximum absolute atomic E-state index is 14.9. The van der Waals surface area contributed by atoms with Gasteiger partial charge >= 0.3 is 12.1 Å². The maximum Gasteiger partial charge on any atom is 0.329 e. The van der Waals surface area contributed by atoms with E-state index in [0.717, 1.165) is 11.6 Å². The van der Waals surface area contributed by atoms with Crippen LogP contribution in [-0.4, -0.2) is 35.0 Å². The first kappa shape index (κ1) is 21.6. The van der Waals surface area contributed by atoms with E-state index in [1.54, 1.807) is 4.57 Å². The van der Waals surface area contributed by atoms with E-state index in [1.807, 2.05) is 24.3 Å². The summed E-state index contributed by atoms with van der Waals surface area (Å²) >= 11 is 0. The minimum absolute atomic E-state index is 0.0107. The molecule has 0 saturated carbocycles. The van der Waals surface area contributed by atoms with E-state index in [-0.39, 0.29) is 35.3 Å². The fourth-order valence-corrected chi connectivity index (χ4v) is 5.47. The molecule has 11 heteroatoms. The Bertz CT molecular complexity index is 1400. The average Bonchev–Trinajstić information content (AvgIpc) is 3.40. The standard InChI is InChI=1S/C22H19F3N4O3S/c23-16-11-13(20-26-27-21(32-20)19(24)25)5-6-14(16)12-28-17-3-1-2-4-18(17)29(22(28)30)15-7-9-33(31)10-8-15/h1-6,11,15,19H,7-10,12H2. The van der Waals surface area contributed by atoms with Crippen LogP contribution >= 0.6 is 0 Å². The van der Waals surface area contributed by atoms with Gasteiger partial charge in [0.2, 0.25) is 5.89 Å². The van der Waals surface area contributed by atoms with Gasteiger partial charge in [-0.15, -0.1) is 10.2 Å². The summed E-state index contributed by atoms with van der Waals surface area (Å²) in [6.45, 7) is -0.0107. The quantitative estimate of drug-likeness (QED) is 0.434. The van der Waals surface area contributed by atoms with E-state index in [4.69, 9.17) is 4.42 Å². The largest absolute Gasteiger partial charge is 0.415 e. The van der Waals surface area contributed by atoms with Crippen molar-refractivity contribution in [1.29, 1.82) is 0 Å². The van der Waals surface area contributed by atoms with Gasteiger partial charge < -0.3 is 4.42 Å². The van der Waals surface area contributed by atoms with E-state index in [9.17, 15) is 22.2 Å². The number of fused-ring (bicyclic) bond motifs is 1. The lowest BCUT2D eigenvalue weighted by molar-refractivity contribution is 0.116. The average molecular weight is 476 g/mol. The zero-order chi connectivity index (χ0) is 23.1. The van der Waals surface area contributed by atoms with E-state index in [0.29, 0.717) is 29.9 Å². The number of hydrogen-bond acceptors (Lipinski definition) is 5. The van der Waals surface area contributed by atoms with Crippen molar-refractivity contribution in [1.82, 2.24) is 19.3 Å². The Morgan fingerprint density at radius 3 is 2.48 bits per heavy atom. The second kappa shape index (κ2) is 8.62. The minimum atomic E-state index is -2.91. The van der Waals surface area contributed by atoms with Crippen molar-refractivity contribution >= 4 is 21.8 Å². The number of alkyl halides is 2. The highest BCUT2D eigenvalue weighted by atomic mass is 32.2. The molecule has 2 aromatic carbocycles. The SMILES string of the molecule is O=c1n(Cc2ccc(-c3nnc(C(F)F)o3)cc2F)c2ccccc2n1C1CCS(=O)CC1. The van der Waals surface area contributed by atoms with Gasteiger partial charge in [-0.25, -0.2) is 9.18 Å². The molecule has 1 aliphatic heterocycles. The van der Waals surface area contributed by atoms with Crippen LogP contribution in [0.3, 0.4) is 0 Å². The summed E-state index contributed by atoms with van der Waals surface area (Å²) in [5.41, 5.74) is 1.59. The van der Waals surface area contributed by atoms with Gasteiger partial charge in [-0.2, -0.15) is 8.78 Å². The van der Waals surface area contributed by atoms with Crippen molar-refractivity contribution in [2.75, 3.05) is 11.5 Å². The molecule has 33 heavy (non-hydrogen) atoms. The lowest BCUT2D eigenvalue weighted by Crippen LogP contribution is -2.31. The molecule has 1 saturated heterocycles. The molecule has 0 spiro atoms. The topological polar surface area (TPSA) is 82.9 Å². The Balaban J connectivity index is 1.50. The lowest BCUT2D eigenvalue weighted by Gasteiger charge is -2.22. The molecule has 0 bridgehead atoms. The van der Waals surface area contributed by atoms with Crippen molar-refractivity contribution < 1.29 is 21.8 Å². The zero-order valence-corrected chi connectivity index (χ0v) is 18.1. The van der Waals surface area contributed by atoms with Crippen molar-refractivity contribution in [3.63, 3.8) is 0 Å². The summed E-state index contributed by atoms with van der Waals surface area (Å²) in [5, 5.41) is 6.79. The van der Waals surface area contributed by atoms with Crippen LogP contribution in [0.4, 0.5) is 13.2 Å². The smallest absolute Gasteiger partial charge is 0.329 e. The van der Waals surface area contributed by atoms with Crippen LogP contribution in [0.2, 0.25) is 0 Å². The molecule has 2 aromatic heterocycles. The monoisotopic (exact) mass is 476 g/mol. The molecule has 3 heterocycles. The van der Waals surface area contributed by atoms with Gasteiger partial charge in [-0.1, -0.05) is 18.2 Å². The van der Waals surface area contributed by atoms with Crippen LogP contribution in [0, 0.1) is 5.82 Å².